The summed E-state index contributed by atoms with van der Waals surface area (Å²) in [5.41, 5.74) is 0. The van der Waals surface area contributed by atoms with Gasteiger partial charge < -0.3 is 14.4 Å². The average Bonchev–Trinajstić information content (AvgIpc) is 2.87. The number of hydrogen-bond donors (Lipinski definition) is 0. The zero-order valence-corrected chi connectivity index (χ0v) is 25.7. The number of ether oxygens (including phenoxy) is 2. The summed E-state index contributed by atoms with van der Waals surface area (Å²) in [6.45, 7) is 10.0. The number of nitrogens with zero attached hydrogens (tertiary/aromatic N) is 1. The molecule has 0 bridgehead atoms. The third kappa shape index (κ3) is 21.5. The van der Waals surface area contributed by atoms with Gasteiger partial charge in [-0.1, -0.05) is 111 Å². The highest BCUT2D eigenvalue weighted by Gasteiger charge is 2.22. The van der Waals surface area contributed by atoms with Crippen molar-refractivity contribution in [3.05, 3.63) is 0 Å². The third-order valence-corrected chi connectivity index (χ3v) is 7.63. The van der Waals surface area contributed by atoms with Crippen LogP contribution in [0.25, 0.3) is 0 Å². The van der Waals surface area contributed by atoms with E-state index in [1.807, 2.05) is 14.1 Å². The molecular weight excluding hydrogens is 462 g/mol. The predicted octanol–water partition coefficient (Wildman–Crippen LogP) is 8.73. The maximum Gasteiger partial charge on any atom is 0.309 e. The first kappa shape index (κ1) is 35.9. The predicted molar refractivity (Wildman–Crippen MR) is 157 cm³/mol. The fourth-order valence-electron chi connectivity index (χ4n) is 4.95. The summed E-state index contributed by atoms with van der Waals surface area (Å²) in [5, 5.41) is 0. The Labute approximate surface area is 230 Å². The van der Waals surface area contributed by atoms with Crippen LogP contribution >= 0.6 is 0 Å². The molecule has 0 spiro atoms. The monoisotopic (exact) mass is 525 g/mol. The highest BCUT2D eigenvalue weighted by atomic mass is 16.6. The maximum atomic E-state index is 13.1. The van der Waals surface area contributed by atoms with E-state index in [0.29, 0.717) is 6.42 Å². The van der Waals surface area contributed by atoms with Crippen molar-refractivity contribution in [2.75, 3.05) is 27.2 Å². The summed E-state index contributed by atoms with van der Waals surface area (Å²) in [4.78, 5) is 27.6. The highest BCUT2D eigenvalue weighted by Crippen LogP contribution is 2.21. The lowest BCUT2D eigenvalue weighted by Gasteiger charge is -2.21. The second-order valence-corrected chi connectivity index (χ2v) is 11.4. The quantitative estimate of drug-likeness (QED) is 0.0834. The Balaban J connectivity index is 4.84. The molecule has 5 nitrogen and oxygen atoms in total. The summed E-state index contributed by atoms with van der Waals surface area (Å²) in [7, 11) is 4.02. The third-order valence-electron chi connectivity index (χ3n) is 7.63. The first-order valence-corrected chi connectivity index (χ1v) is 15.9. The Kier molecular flexibility index (Phi) is 24.4. The van der Waals surface area contributed by atoms with Crippen LogP contribution in [0, 0.1) is 11.8 Å². The van der Waals surface area contributed by atoms with Crippen molar-refractivity contribution in [3.8, 4) is 0 Å². The van der Waals surface area contributed by atoms with Gasteiger partial charge in [-0.25, -0.2) is 0 Å². The fourth-order valence-corrected chi connectivity index (χ4v) is 4.95. The number of hydrogen-bond acceptors (Lipinski definition) is 5. The topological polar surface area (TPSA) is 55.8 Å². The molecule has 0 aromatic heterocycles. The average molecular weight is 526 g/mol. The Morgan fingerprint density at radius 3 is 1.76 bits per heavy atom. The van der Waals surface area contributed by atoms with E-state index in [4.69, 9.17) is 9.47 Å². The molecule has 0 aromatic rings. The van der Waals surface area contributed by atoms with Gasteiger partial charge in [-0.05, 0) is 58.7 Å². The van der Waals surface area contributed by atoms with Crippen LogP contribution in [0.1, 0.15) is 150 Å². The van der Waals surface area contributed by atoms with Crippen molar-refractivity contribution in [1.29, 1.82) is 0 Å². The van der Waals surface area contributed by atoms with Gasteiger partial charge in [-0.15, -0.1) is 0 Å². The van der Waals surface area contributed by atoms with Crippen molar-refractivity contribution >= 4 is 11.9 Å². The van der Waals surface area contributed by atoms with E-state index < -0.39 is 0 Å². The van der Waals surface area contributed by atoms with Crippen molar-refractivity contribution in [2.24, 2.45) is 11.8 Å². The number of rotatable bonds is 26. The van der Waals surface area contributed by atoms with Crippen LogP contribution in [-0.2, 0) is 19.1 Å². The van der Waals surface area contributed by atoms with Gasteiger partial charge in [-0.2, -0.15) is 0 Å². The minimum Gasteiger partial charge on any atom is -0.462 e. The lowest BCUT2D eigenvalue weighted by atomic mass is 9.94. The molecule has 0 saturated carbocycles. The minimum absolute atomic E-state index is 0.0230. The summed E-state index contributed by atoms with van der Waals surface area (Å²) in [6.07, 6.45) is 20.0. The molecule has 0 aliphatic carbocycles. The minimum atomic E-state index is -0.329. The number of carbonyl (C=O) groups excluding carboxylic acids is 2. The Bertz CT molecular complexity index is 521. The van der Waals surface area contributed by atoms with Gasteiger partial charge in [0.1, 0.15) is 12.7 Å². The molecule has 220 valence electrons. The molecule has 1 atom stereocenters. The summed E-state index contributed by atoms with van der Waals surface area (Å²) >= 11 is 0. The van der Waals surface area contributed by atoms with Gasteiger partial charge in [0, 0.05) is 6.42 Å². The second-order valence-electron chi connectivity index (χ2n) is 11.4. The molecule has 0 fully saturated rings. The SMILES string of the molecule is CCCCCCC(CCCCCC)C(=O)OCC(CCCCCC(CC)CC)OC(=O)CCCN(C)C. The van der Waals surface area contributed by atoms with E-state index in [0.717, 1.165) is 63.8 Å². The largest absolute Gasteiger partial charge is 0.462 e. The molecule has 5 heteroatoms. The standard InChI is InChI=1S/C32H63NO4/c1-7-11-13-17-22-29(23-18-14-12-8-2)32(35)36-27-30(37-31(34)25-20-26-33(5)6)24-19-15-16-21-28(9-3)10-4/h28-30H,7-27H2,1-6H3. The molecule has 1 unspecified atom stereocenters. The van der Waals surface area contributed by atoms with E-state index in [2.05, 4.69) is 32.6 Å². The van der Waals surface area contributed by atoms with Crippen LogP contribution in [0.15, 0.2) is 0 Å². The zero-order chi connectivity index (χ0) is 27.7. The molecular formula is C32H63NO4. The Morgan fingerprint density at radius 2 is 1.22 bits per heavy atom. The molecule has 0 heterocycles. The molecule has 0 aliphatic heterocycles. The molecule has 0 aromatic carbocycles. The van der Waals surface area contributed by atoms with Crippen LogP contribution in [0.5, 0.6) is 0 Å². The lowest BCUT2D eigenvalue weighted by molar-refractivity contribution is -0.162. The number of unbranched alkanes of at least 4 members (excludes halogenated alkanes) is 8. The summed E-state index contributed by atoms with van der Waals surface area (Å²) in [6, 6.07) is 0. The molecule has 0 aliphatic rings. The molecule has 0 N–H and O–H groups in total. The van der Waals surface area contributed by atoms with Gasteiger partial charge in [0.25, 0.3) is 0 Å². The maximum absolute atomic E-state index is 13.1. The molecule has 0 saturated heterocycles. The Morgan fingerprint density at radius 1 is 0.676 bits per heavy atom. The van der Waals surface area contributed by atoms with Crippen molar-refractivity contribution in [1.82, 2.24) is 4.90 Å². The lowest BCUT2D eigenvalue weighted by Crippen LogP contribution is -2.28. The van der Waals surface area contributed by atoms with Gasteiger partial charge in [0.15, 0.2) is 0 Å². The molecule has 0 rings (SSSR count). The van der Waals surface area contributed by atoms with Gasteiger partial charge in [-0.3, -0.25) is 9.59 Å². The van der Waals surface area contributed by atoms with Gasteiger partial charge in [0.2, 0.25) is 0 Å². The second kappa shape index (κ2) is 25.2. The molecule has 0 radical (unpaired) electrons. The van der Waals surface area contributed by atoms with Crippen LogP contribution in [0.3, 0.4) is 0 Å². The van der Waals surface area contributed by atoms with Crippen molar-refractivity contribution in [2.45, 2.75) is 156 Å². The van der Waals surface area contributed by atoms with Crippen LogP contribution in [-0.4, -0.2) is 50.2 Å². The number of carbonyl (C=O) groups is 2. The van der Waals surface area contributed by atoms with E-state index in [1.54, 1.807) is 0 Å². The first-order valence-electron chi connectivity index (χ1n) is 15.9. The van der Waals surface area contributed by atoms with Gasteiger partial charge in [0.05, 0.1) is 5.92 Å². The van der Waals surface area contributed by atoms with Crippen molar-refractivity contribution in [3.63, 3.8) is 0 Å². The highest BCUT2D eigenvalue weighted by molar-refractivity contribution is 5.72. The normalized spacial score (nSPS) is 12.5. The van der Waals surface area contributed by atoms with Crippen molar-refractivity contribution < 1.29 is 19.1 Å². The molecule has 37 heavy (non-hydrogen) atoms. The number of esters is 2. The van der Waals surface area contributed by atoms with E-state index in [-0.39, 0.29) is 30.6 Å². The molecule has 0 amide bonds. The van der Waals surface area contributed by atoms with E-state index in [1.165, 1.54) is 64.2 Å². The van der Waals surface area contributed by atoms with Crippen LogP contribution in [0.4, 0.5) is 0 Å². The van der Waals surface area contributed by atoms with E-state index >= 15 is 0 Å². The Hall–Kier alpha value is -1.10. The smallest absolute Gasteiger partial charge is 0.309 e. The van der Waals surface area contributed by atoms with Gasteiger partial charge >= 0.3 is 11.9 Å². The summed E-state index contributed by atoms with van der Waals surface area (Å²) in [5.74, 6) is 0.536. The zero-order valence-electron chi connectivity index (χ0n) is 25.7. The first-order chi connectivity index (χ1) is 17.9. The van der Waals surface area contributed by atoms with Crippen LogP contribution < -0.4 is 0 Å². The summed E-state index contributed by atoms with van der Waals surface area (Å²) < 4.78 is 11.7. The fraction of sp³-hybridized carbons (Fsp3) is 0.938. The van der Waals surface area contributed by atoms with Crippen LogP contribution in [0.2, 0.25) is 0 Å². The van der Waals surface area contributed by atoms with E-state index in [9.17, 15) is 9.59 Å².